The first-order chi connectivity index (χ1) is 8.89. The molecular formula is C12H19FN2O3S. The van der Waals surface area contributed by atoms with Crippen molar-refractivity contribution in [2.45, 2.75) is 13.0 Å². The van der Waals surface area contributed by atoms with E-state index in [1.165, 1.54) is 20.2 Å². The maximum Gasteiger partial charge on any atom is 0.281 e. The molecule has 0 atom stereocenters. The third-order valence-electron chi connectivity index (χ3n) is 2.77. The third kappa shape index (κ3) is 4.24. The highest BCUT2D eigenvalue weighted by Gasteiger charge is 2.23. The number of halogens is 1. The van der Waals surface area contributed by atoms with Gasteiger partial charge >= 0.3 is 0 Å². The lowest BCUT2D eigenvalue weighted by Gasteiger charge is -2.24. The molecule has 0 amide bonds. The summed E-state index contributed by atoms with van der Waals surface area (Å²) in [4.78, 5) is 0. The minimum absolute atomic E-state index is 0.0293. The number of nitrogens with zero attached hydrogens (tertiary/aromatic N) is 2. The summed E-state index contributed by atoms with van der Waals surface area (Å²) >= 11 is 0. The highest BCUT2D eigenvalue weighted by molar-refractivity contribution is 7.86. The van der Waals surface area contributed by atoms with Gasteiger partial charge in [0.2, 0.25) is 0 Å². The van der Waals surface area contributed by atoms with Crippen molar-refractivity contribution in [2.75, 3.05) is 27.2 Å². The van der Waals surface area contributed by atoms with Crippen LogP contribution in [0.5, 0.6) is 0 Å². The van der Waals surface area contributed by atoms with Crippen LogP contribution >= 0.6 is 0 Å². The van der Waals surface area contributed by atoms with Crippen molar-refractivity contribution in [3.8, 4) is 0 Å². The van der Waals surface area contributed by atoms with Gasteiger partial charge in [-0.05, 0) is 12.5 Å². The average molecular weight is 290 g/mol. The third-order valence-corrected chi connectivity index (χ3v) is 4.66. The normalized spacial score (nSPS) is 12.3. The van der Waals surface area contributed by atoms with Gasteiger partial charge in [0.05, 0.1) is 0 Å². The summed E-state index contributed by atoms with van der Waals surface area (Å²) in [7, 11) is -0.804. The zero-order chi connectivity index (χ0) is 14.5. The van der Waals surface area contributed by atoms with Crippen molar-refractivity contribution in [1.82, 2.24) is 8.61 Å². The lowest BCUT2D eigenvalue weighted by molar-refractivity contribution is 0.272. The molecule has 0 saturated carbocycles. The first-order valence-electron chi connectivity index (χ1n) is 5.91. The van der Waals surface area contributed by atoms with Crippen molar-refractivity contribution >= 4 is 10.2 Å². The second kappa shape index (κ2) is 6.95. The summed E-state index contributed by atoms with van der Waals surface area (Å²) in [5.74, 6) is -0.428. The molecule has 5 nitrogen and oxygen atoms in total. The lowest BCUT2D eigenvalue weighted by atomic mass is 10.2. The Morgan fingerprint density at radius 2 is 1.84 bits per heavy atom. The molecule has 0 fully saturated rings. The molecule has 0 radical (unpaired) electrons. The number of hydrogen-bond acceptors (Lipinski definition) is 3. The summed E-state index contributed by atoms with van der Waals surface area (Å²) in [5.41, 5.74) is 0.323. The SMILES string of the molecule is CN(CCCO)S(=O)(=O)N(C)Cc1ccccc1F. The Labute approximate surface area is 113 Å². The second-order valence-corrected chi connectivity index (χ2v) is 6.40. The van der Waals surface area contributed by atoms with Crippen LogP contribution in [0.3, 0.4) is 0 Å². The molecule has 0 unspecified atom stereocenters. The van der Waals surface area contributed by atoms with Crippen LogP contribution in [-0.2, 0) is 16.8 Å². The van der Waals surface area contributed by atoms with Gasteiger partial charge < -0.3 is 5.11 Å². The van der Waals surface area contributed by atoms with Gasteiger partial charge in [-0.2, -0.15) is 17.0 Å². The summed E-state index contributed by atoms with van der Waals surface area (Å²) in [6.45, 7) is 0.121. The van der Waals surface area contributed by atoms with Crippen molar-refractivity contribution in [3.05, 3.63) is 35.6 Å². The van der Waals surface area contributed by atoms with E-state index in [9.17, 15) is 12.8 Å². The molecule has 0 aromatic heterocycles. The Kier molecular flexibility index (Phi) is 5.86. The number of aliphatic hydroxyl groups is 1. The van der Waals surface area contributed by atoms with E-state index in [0.29, 0.717) is 12.0 Å². The zero-order valence-corrected chi connectivity index (χ0v) is 11.9. The van der Waals surface area contributed by atoms with Crippen LogP contribution in [0.15, 0.2) is 24.3 Å². The zero-order valence-electron chi connectivity index (χ0n) is 11.1. The summed E-state index contributed by atoms with van der Waals surface area (Å²) in [6, 6.07) is 6.06. The topological polar surface area (TPSA) is 60.9 Å². The van der Waals surface area contributed by atoms with E-state index >= 15 is 0 Å². The van der Waals surface area contributed by atoms with E-state index in [1.807, 2.05) is 0 Å². The highest BCUT2D eigenvalue weighted by atomic mass is 32.2. The van der Waals surface area contributed by atoms with Crippen LogP contribution in [-0.4, -0.2) is 49.4 Å². The van der Waals surface area contributed by atoms with Crippen molar-refractivity contribution < 1.29 is 17.9 Å². The molecule has 0 aliphatic heterocycles. The quantitative estimate of drug-likeness (QED) is 0.808. The van der Waals surface area contributed by atoms with E-state index in [4.69, 9.17) is 5.11 Å². The molecule has 0 saturated heterocycles. The molecule has 1 N–H and O–H groups in total. The Morgan fingerprint density at radius 1 is 1.21 bits per heavy atom. The van der Waals surface area contributed by atoms with Crippen LogP contribution in [0.2, 0.25) is 0 Å². The molecule has 19 heavy (non-hydrogen) atoms. The van der Waals surface area contributed by atoms with Crippen LogP contribution in [0, 0.1) is 5.82 Å². The first kappa shape index (κ1) is 16.0. The number of benzene rings is 1. The van der Waals surface area contributed by atoms with Gasteiger partial charge in [0.25, 0.3) is 10.2 Å². The number of hydrogen-bond donors (Lipinski definition) is 1. The summed E-state index contributed by atoms with van der Waals surface area (Å²) in [6.07, 6.45) is 0.364. The standard InChI is InChI=1S/C12H19FN2O3S/c1-14(8-5-9-16)19(17,18)15(2)10-11-6-3-4-7-12(11)13/h3-4,6-7,16H,5,8-10H2,1-2H3. The van der Waals surface area contributed by atoms with Crippen molar-refractivity contribution in [1.29, 1.82) is 0 Å². The molecule has 7 heteroatoms. The fraction of sp³-hybridized carbons (Fsp3) is 0.500. The Morgan fingerprint density at radius 3 is 2.42 bits per heavy atom. The minimum Gasteiger partial charge on any atom is -0.396 e. The van der Waals surface area contributed by atoms with Crippen LogP contribution in [0.1, 0.15) is 12.0 Å². The highest BCUT2D eigenvalue weighted by Crippen LogP contribution is 2.13. The Bertz CT molecular complexity index is 507. The lowest BCUT2D eigenvalue weighted by Crippen LogP contribution is -2.40. The molecule has 108 valence electrons. The molecule has 0 spiro atoms. The molecule has 0 heterocycles. The second-order valence-electron chi connectivity index (χ2n) is 4.25. The molecular weight excluding hydrogens is 271 g/mol. The maximum absolute atomic E-state index is 13.5. The van der Waals surface area contributed by atoms with Gasteiger partial charge in [-0.1, -0.05) is 18.2 Å². The van der Waals surface area contributed by atoms with E-state index in [2.05, 4.69) is 0 Å². The Balaban J connectivity index is 2.76. The predicted octanol–water partition coefficient (Wildman–Crippen LogP) is 0.817. The van der Waals surface area contributed by atoms with Crippen molar-refractivity contribution in [3.63, 3.8) is 0 Å². The monoisotopic (exact) mass is 290 g/mol. The van der Waals surface area contributed by atoms with Gasteiger partial charge in [-0.15, -0.1) is 0 Å². The molecule has 1 aromatic rings. The maximum atomic E-state index is 13.5. The summed E-state index contributed by atoms with van der Waals surface area (Å²) < 4.78 is 39.9. The van der Waals surface area contributed by atoms with E-state index in [1.54, 1.807) is 18.2 Å². The molecule has 0 bridgehead atoms. The largest absolute Gasteiger partial charge is 0.396 e. The van der Waals surface area contributed by atoms with E-state index in [-0.39, 0.29) is 19.7 Å². The molecule has 1 aromatic carbocycles. The van der Waals surface area contributed by atoms with E-state index in [0.717, 1.165) is 8.61 Å². The van der Waals surface area contributed by atoms with Gasteiger partial charge in [0.15, 0.2) is 0 Å². The molecule has 0 aliphatic rings. The van der Waals surface area contributed by atoms with Crippen LogP contribution in [0.4, 0.5) is 4.39 Å². The fourth-order valence-corrected chi connectivity index (χ4v) is 2.73. The first-order valence-corrected chi connectivity index (χ1v) is 7.31. The van der Waals surface area contributed by atoms with Gasteiger partial charge in [-0.25, -0.2) is 4.39 Å². The fourth-order valence-electron chi connectivity index (χ4n) is 1.59. The van der Waals surface area contributed by atoms with Gasteiger partial charge in [0.1, 0.15) is 5.82 Å². The molecule has 1 rings (SSSR count). The Hall–Kier alpha value is -1.02. The summed E-state index contributed by atoms with van der Waals surface area (Å²) in [5, 5.41) is 8.71. The van der Waals surface area contributed by atoms with E-state index < -0.39 is 16.0 Å². The predicted molar refractivity (Wildman–Crippen MR) is 71.1 cm³/mol. The van der Waals surface area contributed by atoms with Crippen LogP contribution < -0.4 is 0 Å². The van der Waals surface area contributed by atoms with Gasteiger partial charge in [0, 0.05) is 39.4 Å². The van der Waals surface area contributed by atoms with Gasteiger partial charge in [-0.3, -0.25) is 0 Å². The van der Waals surface area contributed by atoms with Crippen molar-refractivity contribution in [2.24, 2.45) is 0 Å². The average Bonchev–Trinajstić information content (AvgIpc) is 2.38. The number of aliphatic hydroxyl groups excluding tert-OH is 1. The number of rotatable bonds is 7. The minimum atomic E-state index is -3.64. The smallest absolute Gasteiger partial charge is 0.281 e. The van der Waals surface area contributed by atoms with Crippen LogP contribution in [0.25, 0.3) is 0 Å². The molecule has 0 aliphatic carbocycles.